The highest BCUT2D eigenvalue weighted by Crippen LogP contribution is 2.74. The van der Waals surface area contributed by atoms with Crippen LogP contribution in [-0.2, 0) is 23.8 Å². The van der Waals surface area contributed by atoms with Crippen LogP contribution in [0.4, 0.5) is 0 Å². The fourth-order valence-corrected chi connectivity index (χ4v) is 5.97. The molecule has 6 heteroatoms. The van der Waals surface area contributed by atoms with Gasteiger partial charge in [-0.25, -0.2) is 0 Å². The first-order valence-corrected chi connectivity index (χ1v) is 9.41. The first kappa shape index (κ1) is 13.5. The Labute approximate surface area is 120 Å². The minimum atomic E-state index is -3.32. The number of ether oxygens (including phenoxy) is 2. The third-order valence-electron chi connectivity index (χ3n) is 6.15. The average Bonchev–Trinajstić information content (AvgIpc) is 2.96. The summed E-state index contributed by atoms with van der Waals surface area (Å²) in [4.78, 5) is 0. The van der Waals surface area contributed by atoms with Gasteiger partial charge < -0.3 is 9.47 Å². The van der Waals surface area contributed by atoms with Gasteiger partial charge in [-0.15, -0.1) is 0 Å². The SMILES string of the molecule is CS(=O)(=O)OCCC12CC[C@@H]3C1[C@H](CC2)C31OCCO1. The first-order chi connectivity index (χ1) is 9.47. The average molecular weight is 302 g/mol. The van der Waals surface area contributed by atoms with Crippen molar-refractivity contribution in [3.8, 4) is 0 Å². The van der Waals surface area contributed by atoms with Crippen LogP contribution in [0.15, 0.2) is 0 Å². The number of fused-ring (bicyclic) bond motifs is 2. The lowest BCUT2D eigenvalue weighted by Gasteiger charge is -2.55. The Kier molecular flexibility index (Phi) is 2.82. The normalized spacial score (nSPS) is 44.8. The minimum absolute atomic E-state index is 0.277. The van der Waals surface area contributed by atoms with Gasteiger partial charge in [0.05, 0.1) is 26.1 Å². The van der Waals surface area contributed by atoms with Gasteiger partial charge in [0.25, 0.3) is 10.1 Å². The Bertz CT molecular complexity index is 490. The van der Waals surface area contributed by atoms with Gasteiger partial charge in [0.2, 0.25) is 0 Å². The van der Waals surface area contributed by atoms with Crippen LogP contribution in [0, 0.1) is 23.2 Å². The highest BCUT2D eigenvalue weighted by molar-refractivity contribution is 7.85. The summed E-state index contributed by atoms with van der Waals surface area (Å²) in [6.07, 6.45) is 6.62. The molecule has 4 aliphatic rings. The molecule has 0 amide bonds. The first-order valence-electron chi connectivity index (χ1n) is 7.59. The summed E-state index contributed by atoms with van der Waals surface area (Å²) in [6.45, 7) is 1.78. The minimum Gasteiger partial charge on any atom is -0.347 e. The van der Waals surface area contributed by atoms with Crippen LogP contribution in [0.2, 0.25) is 0 Å². The van der Waals surface area contributed by atoms with E-state index in [1.165, 1.54) is 12.8 Å². The van der Waals surface area contributed by atoms with E-state index >= 15 is 0 Å². The lowest BCUT2D eigenvalue weighted by Crippen LogP contribution is -2.61. The second-order valence-corrected chi connectivity index (χ2v) is 8.52. The van der Waals surface area contributed by atoms with Crippen LogP contribution in [-0.4, -0.2) is 40.3 Å². The molecule has 114 valence electrons. The monoisotopic (exact) mass is 302 g/mol. The molecule has 2 unspecified atom stereocenters. The number of hydrogen-bond acceptors (Lipinski definition) is 5. The van der Waals surface area contributed by atoms with Gasteiger partial charge in [-0.3, -0.25) is 4.18 Å². The van der Waals surface area contributed by atoms with Crippen LogP contribution in [0.1, 0.15) is 32.1 Å². The maximum Gasteiger partial charge on any atom is 0.264 e. The van der Waals surface area contributed by atoms with E-state index in [1.807, 2.05) is 0 Å². The molecule has 1 saturated heterocycles. The third-order valence-corrected chi connectivity index (χ3v) is 6.75. The van der Waals surface area contributed by atoms with E-state index in [4.69, 9.17) is 13.7 Å². The van der Waals surface area contributed by atoms with Gasteiger partial charge in [-0.1, -0.05) is 0 Å². The van der Waals surface area contributed by atoms with Crippen LogP contribution in [0.3, 0.4) is 0 Å². The van der Waals surface area contributed by atoms with Gasteiger partial charge in [0.1, 0.15) is 0 Å². The summed E-state index contributed by atoms with van der Waals surface area (Å²) in [5.41, 5.74) is 0.278. The van der Waals surface area contributed by atoms with Gasteiger partial charge >= 0.3 is 0 Å². The number of rotatable bonds is 4. The zero-order valence-corrected chi connectivity index (χ0v) is 12.7. The Balaban J connectivity index is 1.47. The maximum absolute atomic E-state index is 11.1. The fourth-order valence-electron chi connectivity index (χ4n) is 5.58. The summed E-state index contributed by atoms with van der Waals surface area (Å²) >= 11 is 0. The van der Waals surface area contributed by atoms with Crippen molar-refractivity contribution in [1.82, 2.24) is 0 Å². The molecule has 3 saturated carbocycles. The standard InChI is InChI=1S/C14H22O5S/c1-20(15,16)19-7-6-13-4-2-10-12(13)11(3-5-13)14(10)17-8-9-18-14/h10-12H,2-9H2,1H3/t10-,11+,12?,13?. The maximum atomic E-state index is 11.1. The van der Waals surface area contributed by atoms with Crippen molar-refractivity contribution < 1.29 is 22.1 Å². The van der Waals surface area contributed by atoms with E-state index in [0.29, 0.717) is 24.4 Å². The van der Waals surface area contributed by atoms with Crippen molar-refractivity contribution in [3.63, 3.8) is 0 Å². The van der Waals surface area contributed by atoms with Crippen molar-refractivity contribution >= 4 is 10.1 Å². The molecular formula is C14H22O5S. The van der Waals surface area contributed by atoms with E-state index in [2.05, 4.69) is 0 Å². The molecule has 0 bridgehead atoms. The van der Waals surface area contributed by atoms with Gasteiger partial charge in [-0.05, 0) is 43.4 Å². The Morgan fingerprint density at radius 3 is 2.30 bits per heavy atom. The summed E-state index contributed by atoms with van der Waals surface area (Å²) in [7, 11) is -3.32. The fraction of sp³-hybridized carbons (Fsp3) is 1.00. The van der Waals surface area contributed by atoms with Crippen LogP contribution in [0.25, 0.3) is 0 Å². The van der Waals surface area contributed by atoms with E-state index in [0.717, 1.165) is 38.7 Å². The van der Waals surface area contributed by atoms with Crippen LogP contribution < -0.4 is 0 Å². The van der Waals surface area contributed by atoms with Crippen LogP contribution in [0.5, 0.6) is 0 Å². The lowest BCUT2D eigenvalue weighted by atomic mass is 9.58. The summed E-state index contributed by atoms with van der Waals surface area (Å²) in [6, 6.07) is 0. The summed E-state index contributed by atoms with van der Waals surface area (Å²) in [5.74, 6) is 1.43. The molecule has 1 aliphatic heterocycles. The molecular weight excluding hydrogens is 280 g/mol. The van der Waals surface area contributed by atoms with Gasteiger partial charge in [0.15, 0.2) is 5.79 Å². The van der Waals surface area contributed by atoms with Crippen molar-refractivity contribution in [2.24, 2.45) is 23.2 Å². The molecule has 4 rings (SSSR count). The van der Waals surface area contributed by atoms with E-state index in [-0.39, 0.29) is 11.2 Å². The Morgan fingerprint density at radius 2 is 1.75 bits per heavy atom. The van der Waals surface area contributed by atoms with Crippen molar-refractivity contribution in [2.45, 2.75) is 37.9 Å². The predicted molar refractivity (Wildman–Crippen MR) is 71.4 cm³/mol. The number of hydrogen-bond donors (Lipinski definition) is 0. The van der Waals surface area contributed by atoms with Gasteiger partial charge in [-0.2, -0.15) is 8.42 Å². The highest BCUT2D eigenvalue weighted by atomic mass is 32.2. The topological polar surface area (TPSA) is 61.8 Å². The molecule has 0 aromatic heterocycles. The second-order valence-electron chi connectivity index (χ2n) is 6.87. The quantitative estimate of drug-likeness (QED) is 0.737. The van der Waals surface area contributed by atoms with Crippen LogP contribution >= 0.6 is 0 Å². The summed E-state index contributed by atoms with van der Waals surface area (Å²) in [5, 5.41) is 0. The summed E-state index contributed by atoms with van der Waals surface area (Å²) < 4.78 is 39.1. The largest absolute Gasteiger partial charge is 0.347 e. The van der Waals surface area contributed by atoms with Gasteiger partial charge in [0, 0.05) is 11.8 Å². The van der Waals surface area contributed by atoms with E-state index in [1.54, 1.807) is 0 Å². The second kappa shape index (κ2) is 4.18. The van der Waals surface area contributed by atoms with E-state index in [9.17, 15) is 8.42 Å². The molecule has 1 heterocycles. The Morgan fingerprint density at radius 1 is 1.15 bits per heavy atom. The molecule has 5 nitrogen and oxygen atoms in total. The molecule has 4 atom stereocenters. The Hall–Kier alpha value is -0.170. The third kappa shape index (κ3) is 1.68. The van der Waals surface area contributed by atoms with E-state index < -0.39 is 10.1 Å². The lowest BCUT2D eigenvalue weighted by molar-refractivity contribution is -0.312. The molecule has 0 aromatic rings. The molecule has 0 N–H and O–H groups in total. The molecule has 0 radical (unpaired) electrons. The molecule has 3 aliphatic carbocycles. The zero-order chi connectivity index (χ0) is 14.0. The van der Waals surface area contributed by atoms with Crippen molar-refractivity contribution in [3.05, 3.63) is 0 Å². The zero-order valence-electron chi connectivity index (χ0n) is 11.8. The highest BCUT2D eigenvalue weighted by Gasteiger charge is 2.75. The molecule has 0 aromatic carbocycles. The predicted octanol–water partition coefficient (Wildman–Crippen LogP) is 1.53. The molecule has 1 spiro atoms. The van der Waals surface area contributed by atoms with Crippen molar-refractivity contribution in [1.29, 1.82) is 0 Å². The van der Waals surface area contributed by atoms with Crippen molar-refractivity contribution in [2.75, 3.05) is 26.1 Å². The molecule has 4 fully saturated rings. The smallest absolute Gasteiger partial charge is 0.264 e. The molecule has 20 heavy (non-hydrogen) atoms.